The molecule has 0 spiro atoms. The zero-order chi connectivity index (χ0) is 14.7. The third-order valence-electron chi connectivity index (χ3n) is 3.04. The van der Waals surface area contributed by atoms with Crippen LogP contribution in [0.1, 0.15) is 5.56 Å². The van der Waals surface area contributed by atoms with Crippen LogP contribution in [0, 0.1) is 0 Å². The molecular weight excluding hydrogens is 336 g/mol. The van der Waals surface area contributed by atoms with E-state index in [1.165, 1.54) is 0 Å². The number of hydrogen-bond donors (Lipinski definition) is 1. The number of thiocarbonyl (C=S) groups is 1. The van der Waals surface area contributed by atoms with Crippen molar-refractivity contribution < 1.29 is 4.74 Å². The highest BCUT2D eigenvalue weighted by atomic mass is 79.9. The van der Waals surface area contributed by atoms with Crippen molar-refractivity contribution >= 4 is 44.5 Å². The van der Waals surface area contributed by atoms with E-state index in [0.717, 1.165) is 27.2 Å². The normalized spacial score (nSPS) is 10.2. The summed E-state index contributed by atoms with van der Waals surface area (Å²) in [7, 11) is 3.62. The molecule has 0 unspecified atom stereocenters. The molecule has 0 aliphatic heterocycles. The maximum absolute atomic E-state index is 5.84. The Hall–Kier alpha value is -1.59. The molecule has 0 saturated carbocycles. The molecule has 3 nitrogen and oxygen atoms in total. The maximum atomic E-state index is 5.84. The zero-order valence-electron chi connectivity index (χ0n) is 11.3. The molecule has 0 fully saturated rings. The van der Waals surface area contributed by atoms with Gasteiger partial charge in [0, 0.05) is 28.8 Å². The number of nitrogens with zero attached hydrogens (tertiary/aromatic N) is 1. The van der Waals surface area contributed by atoms with Gasteiger partial charge in [-0.25, -0.2) is 0 Å². The molecule has 0 atom stereocenters. The lowest BCUT2D eigenvalue weighted by Gasteiger charge is -2.23. The van der Waals surface area contributed by atoms with Gasteiger partial charge in [0.25, 0.3) is 0 Å². The van der Waals surface area contributed by atoms with Crippen molar-refractivity contribution in [3.05, 3.63) is 52.5 Å². The Bertz CT molecular complexity index is 646. The number of rotatable bonds is 4. The first-order chi connectivity index (χ1) is 9.54. The summed E-state index contributed by atoms with van der Waals surface area (Å²) in [4.78, 5) is 2.39. The molecule has 0 heterocycles. The third kappa shape index (κ3) is 2.94. The monoisotopic (exact) mass is 350 g/mol. The number of nitrogens with two attached hydrogens (primary N) is 1. The summed E-state index contributed by atoms with van der Waals surface area (Å²) < 4.78 is 6.14. The van der Waals surface area contributed by atoms with E-state index < -0.39 is 0 Å². The maximum Gasteiger partial charge on any atom is 0.120 e. The van der Waals surface area contributed by atoms with Crippen LogP contribution in [0.4, 0.5) is 11.4 Å². The van der Waals surface area contributed by atoms with Gasteiger partial charge in [-0.05, 0) is 40.2 Å². The minimum Gasteiger partial charge on any atom is -0.497 e. The van der Waals surface area contributed by atoms with Crippen LogP contribution >= 0.6 is 28.1 Å². The lowest BCUT2D eigenvalue weighted by molar-refractivity contribution is 0.415. The summed E-state index contributed by atoms with van der Waals surface area (Å²) in [5.74, 6) is 0.807. The predicted molar refractivity (Wildman–Crippen MR) is 91.1 cm³/mol. The van der Waals surface area contributed by atoms with E-state index in [2.05, 4.69) is 15.9 Å². The summed E-state index contributed by atoms with van der Waals surface area (Å²) in [5.41, 5.74) is 8.61. The minimum absolute atomic E-state index is 0.363. The van der Waals surface area contributed by atoms with Crippen LogP contribution in [-0.2, 0) is 0 Å². The first-order valence-corrected chi connectivity index (χ1v) is 7.21. The van der Waals surface area contributed by atoms with E-state index in [9.17, 15) is 0 Å². The Balaban J connectivity index is 2.50. The fraction of sp³-hybridized carbons (Fsp3) is 0.133. The molecule has 0 saturated heterocycles. The quantitative estimate of drug-likeness (QED) is 0.849. The average Bonchev–Trinajstić information content (AvgIpc) is 2.45. The molecule has 20 heavy (non-hydrogen) atoms. The van der Waals surface area contributed by atoms with Gasteiger partial charge in [-0.1, -0.05) is 24.4 Å². The molecule has 2 rings (SSSR count). The smallest absolute Gasteiger partial charge is 0.120 e. The summed E-state index contributed by atoms with van der Waals surface area (Å²) in [5, 5.41) is 0. The van der Waals surface area contributed by atoms with E-state index in [1.807, 2.05) is 54.4 Å². The van der Waals surface area contributed by atoms with Gasteiger partial charge in [0.2, 0.25) is 0 Å². The molecule has 2 N–H and O–H groups in total. The second-order valence-corrected chi connectivity index (χ2v) is 5.55. The molecule has 0 aliphatic carbocycles. The molecule has 2 aromatic rings. The van der Waals surface area contributed by atoms with Crippen molar-refractivity contribution in [1.82, 2.24) is 0 Å². The SMILES string of the molecule is COc1cccc(N(C)c2cccc(Br)c2C(N)=S)c1. The summed E-state index contributed by atoms with van der Waals surface area (Å²) in [6.07, 6.45) is 0. The summed E-state index contributed by atoms with van der Waals surface area (Å²) in [6.45, 7) is 0. The predicted octanol–water partition coefficient (Wildman–Crippen LogP) is 3.86. The Kier molecular flexibility index (Phi) is 4.62. The lowest BCUT2D eigenvalue weighted by Crippen LogP contribution is -2.18. The summed E-state index contributed by atoms with van der Waals surface area (Å²) in [6, 6.07) is 13.7. The van der Waals surface area contributed by atoms with Crippen molar-refractivity contribution in [2.75, 3.05) is 19.1 Å². The van der Waals surface area contributed by atoms with Crippen molar-refractivity contribution in [3.8, 4) is 5.75 Å². The fourth-order valence-corrected chi connectivity index (χ4v) is 2.91. The van der Waals surface area contributed by atoms with Gasteiger partial charge in [0.05, 0.1) is 12.8 Å². The highest BCUT2D eigenvalue weighted by Gasteiger charge is 2.14. The van der Waals surface area contributed by atoms with Gasteiger partial charge in [-0.15, -0.1) is 0 Å². The van der Waals surface area contributed by atoms with Gasteiger partial charge in [0.1, 0.15) is 10.7 Å². The number of hydrogen-bond acceptors (Lipinski definition) is 3. The first-order valence-electron chi connectivity index (χ1n) is 6.00. The van der Waals surface area contributed by atoms with Gasteiger partial charge in [-0.3, -0.25) is 0 Å². The van der Waals surface area contributed by atoms with Crippen molar-refractivity contribution in [3.63, 3.8) is 0 Å². The van der Waals surface area contributed by atoms with Crippen LogP contribution in [0.25, 0.3) is 0 Å². The Morgan fingerprint density at radius 2 is 1.95 bits per heavy atom. The van der Waals surface area contributed by atoms with Crippen LogP contribution in [0.15, 0.2) is 46.9 Å². The molecular formula is C15H15BrN2OS. The van der Waals surface area contributed by atoms with Gasteiger partial charge in [0.15, 0.2) is 0 Å². The number of halogens is 1. The van der Waals surface area contributed by atoms with E-state index in [4.69, 9.17) is 22.7 Å². The molecule has 0 aromatic heterocycles. The van der Waals surface area contributed by atoms with E-state index in [0.29, 0.717) is 4.99 Å². The Morgan fingerprint density at radius 3 is 2.60 bits per heavy atom. The number of methoxy groups -OCH3 is 1. The van der Waals surface area contributed by atoms with E-state index >= 15 is 0 Å². The number of anilines is 2. The largest absolute Gasteiger partial charge is 0.497 e. The minimum atomic E-state index is 0.363. The molecule has 2 aromatic carbocycles. The Morgan fingerprint density at radius 1 is 1.25 bits per heavy atom. The fourth-order valence-electron chi connectivity index (χ4n) is 1.99. The highest BCUT2D eigenvalue weighted by molar-refractivity contribution is 9.10. The van der Waals surface area contributed by atoms with E-state index in [1.54, 1.807) is 7.11 Å². The van der Waals surface area contributed by atoms with Gasteiger partial charge >= 0.3 is 0 Å². The van der Waals surface area contributed by atoms with Crippen LogP contribution in [-0.4, -0.2) is 19.1 Å². The standard InChI is InChI=1S/C15H15BrN2OS/c1-18(10-5-3-6-11(9-10)19-2)13-8-4-7-12(16)14(13)15(17)20/h3-9H,1-2H3,(H2,17,20). The molecule has 0 aliphatic rings. The van der Waals surface area contributed by atoms with Crippen molar-refractivity contribution in [2.45, 2.75) is 0 Å². The molecule has 0 bridgehead atoms. The first kappa shape index (κ1) is 14.8. The second kappa shape index (κ2) is 6.24. The molecule has 0 radical (unpaired) electrons. The third-order valence-corrected chi connectivity index (χ3v) is 3.90. The summed E-state index contributed by atoms with van der Waals surface area (Å²) >= 11 is 8.65. The second-order valence-electron chi connectivity index (χ2n) is 4.26. The van der Waals surface area contributed by atoms with Gasteiger partial charge in [-0.2, -0.15) is 0 Å². The average molecular weight is 351 g/mol. The molecule has 104 valence electrons. The zero-order valence-corrected chi connectivity index (χ0v) is 13.7. The Labute approximate surface area is 132 Å². The van der Waals surface area contributed by atoms with Crippen molar-refractivity contribution in [2.24, 2.45) is 5.73 Å². The van der Waals surface area contributed by atoms with E-state index in [-0.39, 0.29) is 0 Å². The van der Waals surface area contributed by atoms with Crippen LogP contribution in [0.2, 0.25) is 0 Å². The number of ether oxygens (including phenoxy) is 1. The van der Waals surface area contributed by atoms with Crippen molar-refractivity contribution in [1.29, 1.82) is 0 Å². The van der Waals surface area contributed by atoms with Crippen LogP contribution < -0.4 is 15.4 Å². The molecule has 5 heteroatoms. The van der Waals surface area contributed by atoms with Crippen LogP contribution in [0.3, 0.4) is 0 Å². The van der Waals surface area contributed by atoms with Crippen LogP contribution in [0.5, 0.6) is 5.75 Å². The topological polar surface area (TPSA) is 38.5 Å². The lowest BCUT2D eigenvalue weighted by atomic mass is 10.1. The molecule has 0 amide bonds. The highest BCUT2D eigenvalue weighted by Crippen LogP contribution is 2.32. The van der Waals surface area contributed by atoms with Gasteiger partial charge < -0.3 is 15.4 Å². The number of benzene rings is 2.